The van der Waals surface area contributed by atoms with Crippen molar-refractivity contribution >= 4 is 38.7 Å². The molecule has 0 bridgehead atoms. The van der Waals surface area contributed by atoms with Crippen LogP contribution in [0.4, 0.5) is 0 Å². The lowest BCUT2D eigenvalue weighted by Crippen LogP contribution is -2.40. The summed E-state index contributed by atoms with van der Waals surface area (Å²) in [4.78, 5) is 12.7. The number of aliphatic hydroxyl groups excluding tert-OH is 1. The SMILES string of the molecule is O=C(CCc1ccccc1CO)[C@@H]1CCCN1S(=O)(=O)c1ccc(Cl)s1. The molecule has 2 heterocycles. The second kappa shape index (κ2) is 8.19. The van der Waals surface area contributed by atoms with Crippen LogP contribution in [0.25, 0.3) is 0 Å². The average molecular weight is 414 g/mol. The van der Waals surface area contributed by atoms with Crippen molar-refractivity contribution in [2.75, 3.05) is 6.54 Å². The molecule has 26 heavy (non-hydrogen) atoms. The van der Waals surface area contributed by atoms with Gasteiger partial charge in [-0.3, -0.25) is 4.79 Å². The fourth-order valence-electron chi connectivity index (χ4n) is 3.28. The van der Waals surface area contributed by atoms with Crippen molar-refractivity contribution in [3.8, 4) is 0 Å². The molecule has 0 amide bonds. The third kappa shape index (κ3) is 4.02. The summed E-state index contributed by atoms with van der Waals surface area (Å²) < 4.78 is 27.6. The molecule has 140 valence electrons. The molecule has 1 N–H and O–H groups in total. The van der Waals surface area contributed by atoms with Crippen molar-refractivity contribution in [1.29, 1.82) is 0 Å². The molecule has 2 aromatic rings. The molecular weight excluding hydrogens is 394 g/mol. The summed E-state index contributed by atoms with van der Waals surface area (Å²) in [5.74, 6) is -0.0820. The minimum atomic E-state index is -3.70. The van der Waals surface area contributed by atoms with E-state index in [1.807, 2.05) is 24.3 Å². The Kier molecular flexibility index (Phi) is 6.14. The Hall–Kier alpha value is -1.25. The minimum absolute atomic E-state index is 0.0760. The maximum absolute atomic E-state index is 12.8. The first-order valence-corrected chi connectivity index (χ1v) is 11.0. The Morgan fingerprint density at radius 2 is 1.96 bits per heavy atom. The molecule has 0 unspecified atom stereocenters. The smallest absolute Gasteiger partial charge is 0.253 e. The Balaban J connectivity index is 1.72. The molecule has 0 aliphatic carbocycles. The number of hydrogen-bond donors (Lipinski definition) is 1. The molecule has 0 radical (unpaired) electrons. The zero-order valence-electron chi connectivity index (χ0n) is 14.1. The molecule has 1 aliphatic heterocycles. The van der Waals surface area contributed by atoms with Crippen LogP contribution in [0.15, 0.2) is 40.6 Å². The van der Waals surface area contributed by atoms with Gasteiger partial charge in [0.25, 0.3) is 10.0 Å². The minimum Gasteiger partial charge on any atom is -0.392 e. The molecular formula is C18H20ClNO4S2. The lowest BCUT2D eigenvalue weighted by Gasteiger charge is -2.22. The number of thiophene rings is 1. The number of carbonyl (C=O) groups is 1. The number of benzene rings is 1. The first-order chi connectivity index (χ1) is 12.4. The summed E-state index contributed by atoms with van der Waals surface area (Å²) in [5, 5.41) is 9.39. The number of halogens is 1. The van der Waals surface area contributed by atoms with E-state index in [1.54, 1.807) is 6.07 Å². The molecule has 0 saturated carbocycles. The van der Waals surface area contributed by atoms with Crippen molar-refractivity contribution in [3.05, 3.63) is 51.9 Å². The predicted octanol–water partition coefficient (Wildman–Crippen LogP) is 3.25. The van der Waals surface area contributed by atoms with E-state index < -0.39 is 16.1 Å². The van der Waals surface area contributed by atoms with Crippen LogP contribution in [-0.4, -0.2) is 36.2 Å². The Morgan fingerprint density at radius 1 is 1.23 bits per heavy atom. The fourth-order valence-corrected chi connectivity index (χ4v) is 6.57. The molecule has 1 saturated heterocycles. The van der Waals surface area contributed by atoms with Gasteiger partial charge >= 0.3 is 0 Å². The van der Waals surface area contributed by atoms with Crippen LogP contribution in [0.1, 0.15) is 30.4 Å². The van der Waals surface area contributed by atoms with Crippen LogP contribution < -0.4 is 0 Å². The standard InChI is InChI=1S/C18H20ClNO4S2/c19-17-9-10-18(25-17)26(23,24)20-11-3-6-15(20)16(22)8-7-13-4-1-2-5-14(13)12-21/h1-2,4-5,9-10,15,21H,3,6-8,11-12H2/t15-/m0/s1. The maximum Gasteiger partial charge on any atom is 0.253 e. The Morgan fingerprint density at radius 3 is 2.62 bits per heavy atom. The lowest BCUT2D eigenvalue weighted by molar-refractivity contribution is -0.122. The van der Waals surface area contributed by atoms with Gasteiger partial charge in [-0.2, -0.15) is 4.31 Å². The van der Waals surface area contributed by atoms with Gasteiger partial charge in [0.1, 0.15) is 4.21 Å². The molecule has 3 rings (SSSR count). The third-order valence-corrected chi connectivity index (χ3v) is 8.22. The van der Waals surface area contributed by atoms with Crippen molar-refractivity contribution in [1.82, 2.24) is 4.31 Å². The van der Waals surface area contributed by atoms with Gasteiger partial charge in [0.05, 0.1) is 17.0 Å². The average Bonchev–Trinajstić information content (AvgIpc) is 3.29. The van der Waals surface area contributed by atoms with E-state index in [4.69, 9.17) is 11.6 Å². The maximum atomic E-state index is 12.8. The van der Waals surface area contributed by atoms with Gasteiger partial charge in [-0.15, -0.1) is 11.3 Å². The van der Waals surface area contributed by atoms with Crippen LogP contribution in [0.2, 0.25) is 4.34 Å². The summed E-state index contributed by atoms with van der Waals surface area (Å²) in [7, 11) is -3.70. The summed E-state index contributed by atoms with van der Waals surface area (Å²) in [6.07, 6.45) is 1.95. The van der Waals surface area contributed by atoms with Gasteiger partial charge in [0, 0.05) is 13.0 Å². The highest BCUT2D eigenvalue weighted by atomic mass is 35.5. The van der Waals surface area contributed by atoms with Crippen molar-refractivity contribution < 1.29 is 18.3 Å². The van der Waals surface area contributed by atoms with E-state index in [0.717, 1.165) is 22.5 Å². The van der Waals surface area contributed by atoms with Gasteiger partial charge in [-0.1, -0.05) is 35.9 Å². The number of hydrogen-bond acceptors (Lipinski definition) is 5. The molecule has 1 aromatic heterocycles. The zero-order chi connectivity index (χ0) is 18.7. The summed E-state index contributed by atoms with van der Waals surface area (Å²) in [6.45, 7) is 0.273. The number of aryl methyl sites for hydroxylation is 1. The van der Waals surface area contributed by atoms with E-state index in [0.29, 0.717) is 30.1 Å². The van der Waals surface area contributed by atoms with Crippen LogP contribution in [0.3, 0.4) is 0 Å². The van der Waals surface area contributed by atoms with Gasteiger partial charge in [-0.05, 0) is 42.5 Å². The van der Waals surface area contributed by atoms with E-state index in [1.165, 1.54) is 10.4 Å². The van der Waals surface area contributed by atoms with Crippen LogP contribution in [0, 0.1) is 0 Å². The van der Waals surface area contributed by atoms with E-state index in [2.05, 4.69) is 0 Å². The second-order valence-corrected chi connectivity index (χ2v) is 10.1. The third-order valence-electron chi connectivity index (χ3n) is 4.62. The Labute approximate surface area is 162 Å². The van der Waals surface area contributed by atoms with Gasteiger partial charge in [0.15, 0.2) is 5.78 Å². The second-order valence-electron chi connectivity index (χ2n) is 6.23. The van der Waals surface area contributed by atoms with Crippen molar-refractivity contribution in [3.63, 3.8) is 0 Å². The molecule has 5 nitrogen and oxygen atoms in total. The van der Waals surface area contributed by atoms with Gasteiger partial charge in [0.2, 0.25) is 0 Å². The first kappa shape index (κ1) is 19.5. The number of sulfonamides is 1. The van der Waals surface area contributed by atoms with Gasteiger partial charge in [-0.25, -0.2) is 8.42 Å². The fraction of sp³-hybridized carbons (Fsp3) is 0.389. The van der Waals surface area contributed by atoms with E-state index in [9.17, 15) is 18.3 Å². The molecule has 1 atom stereocenters. The highest BCUT2D eigenvalue weighted by Crippen LogP contribution is 2.32. The Bertz CT molecular complexity index is 894. The predicted molar refractivity (Wildman–Crippen MR) is 102 cm³/mol. The number of Topliss-reactive ketones (excluding diaryl/α,β-unsaturated/α-hetero) is 1. The number of rotatable bonds is 7. The molecule has 0 spiro atoms. The van der Waals surface area contributed by atoms with E-state index >= 15 is 0 Å². The number of aliphatic hydroxyl groups is 1. The highest BCUT2D eigenvalue weighted by Gasteiger charge is 2.39. The first-order valence-electron chi connectivity index (χ1n) is 8.41. The van der Waals surface area contributed by atoms with Gasteiger partial charge < -0.3 is 5.11 Å². The summed E-state index contributed by atoms with van der Waals surface area (Å²) in [6, 6.07) is 9.84. The quantitative estimate of drug-likeness (QED) is 0.756. The molecule has 1 aliphatic rings. The zero-order valence-corrected chi connectivity index (χ0v) is 16.5. The number of nitrogens with zero attached hydrogens (tertiary/aromatic N) is 1. The number of ketones is 1. The monoisotopic (exact) mass is 413 g/mol. The van der Waals surface area contributed by atoms with Crippen LogP contribution in [-0.2, 0) is 27.8 Å². The lowest BCUT2D eigenvalue weighted by atomic mass is 9.99. The van der Waals surface area contributed by atoms with Crippen molar-refractivity contribution in [2.24, 2.45) is 0 Å². The summed E-state index contributed by atoms with van der Waals surface area (Å²) >= 11 is 6.87. The summed E-state index contributed by atoms with van der Waals surface area (Å²) in [5.41, 5.74) is 1.71. The van der Waals surface area contributed by atoms with Crippen LogP contribution in [0.5, 0.6) is 0 Å². The largest absolute Gasteiger partial charge is 0.392 e. The van der Waals surface area contributed by atoms with E-state index in [-0.39, 0.29) is 23.0 Å². The van der Waals surface area contributed by atoms with Crippen molar-refractivity contribution in [2.45, 2.75) is 42.5 Å². The molecule has 1 fully saturated rings. The van der Waals surface area contributed by atoms with Crippen LogP contribution >= 0.6 is 22.9 Å². The molecule has 1 aromatic carbocycles. The topological polar surface area (TPSA) is 74.7 Å². The number of carbonyl (C=O) groups excluding carboxylic acids is 1. The normalized spacial score (nSPS) is 18.3. The molecule has 8 heteroatoms. The highest BCUT2D eigenvalue weighted by molar-refractivity contribution is 7.91.